The third-order valence-electron chi connectivity index (χ3n) is 3.37. The Labute approximate surface area is 107 Å². The van der Waals surface area contributed by atoms with Crippen LogP contribution in [0.4, 0.5) is 0 Å². The number of aryl methyl sites for hydroxylation is 1. The zero-order valence-corrected chi connectivity index (χ0v) is 11.6. The highest BCUT2D eigenvalue weighted by molar-refractivity contribution is 7.71. The van der Waals surface area contributed by atoms with E-state index in [1.165, 1.54) is 0 Å². The zero-order chi connectivity index (χ0) is 12.6. The number of hydrogen-bond acceptors (Lipinski definition) is 2. The van der Waals surface area contributed by atoms with Gasteiger partial charge in [0, 0.05) is 12.2 Å². The third kappa shape index (κ3) is 2.41. The van der Waals surface area contributed by atoms with Crippen molar-refractivity contribution in [2.75, 3.05) is 0 Å². The summed E-state index contributed by atoms with van der Waals surface area (Å²) in [5.41, 5.74) is 3.02. The van der Waals surface area contributed by atoms with Gasteiger partial charge in [-0.15, -0.1) is 0 Å². The van der Waals surface area contributed by atoms with Gasteiger partial charge < -0.3 is 9.55 Å². The van der Waals surface area contributed by atoms with E-state index in [0.29, 0.717) is 11.8 Å². The first-order valence-electron chi connectivity index (χ1n) is 6.05. The number of nitrogens with zero attached hydrogens (tertiary/aromatic N) is 2. The maximum absolute atomic E-state index is 5.37. The average Bonchev–Trinajstić information content (AvgIpc) is 2.55. The van der Waals surface area contributed by atoms with Gasteiger partial charge in [0.25, 0.3) is 0 Å². The standard InChI is InChI=1S/C13H19N3S/c1-8(2)9(3)7-16-12-11(15-13(16)17)6-5-10(4)14-12/h5-6,8-9H,7H2,1-4H3,(H,15,17). The van der Waals surface area contributed by atoms with Crippen LogP contribution in [0.5, 0.6) is 0 Å². The molecule has 17 heavy (non-hydrogen) atoms. The predicted octanol–water partition coefficient (Wildman–Crippen LogP) is 3.69. The Bertz CT molecular complexity index is 580. The minimum atomic E-state index is 0.586. The lowest BCUT2D eigenvalue weighted by atomic mass is 9.98. The largest absolute Gasteiger partial charge is 0.329 e. The summed E-state index contributed by atoms with van der Waals surface area (Å²) in [6.45, 7) is 9.66. The highest BCUT2D eigenvalue weighted by atomic mass is 32.1. The molecule has 0 saturated carbocycles. The number of rotatable bonds is 3. The van der Waals surface area contributed by atoms with E-state index in [9.17, 15) is 0 Å². The molecule has 4 heteroatoms. The number of fused-ring (bicyclic) bond motifs is 1. The molecular weight excluding hydrogens is 230 g/mol. The van der Waals surface area contributed by atoms with Crippen LogP contribution in [0.1, 0.15) is 26.5 Å². The first kappa shape index (κ1) is 12.3. The van der Waals surface area contributed by atoms with Crippen molar-refractivity contribution in [3.8, 4) is 0 Å². The summed E-state index contributed by atoms with van der Waals surface area (Å²) in [4.78, 5) is 7.79. The third-order valence-corrected chi connectivity index (χ3v) is 3.69. The van der Waals surface area contributed by atoms with Gasteiger partial charge in [0.2, 0.25) is 0 Å². The summed E-state index contributed by atoms with van der Waals surface area (Å²) < 4.78 is 2.88. The van der Waals surface area contributed by atoms with Crippen molar-refractivity contribution in [3.05, 3.63) is 22.6 Å². The van der Waals surface area contributed by atoms with Crippen LogP contribution in [-0.2, 0) is 6.54 Å². The maximum atomic E-state index is 5.37. The van der Waals surface area contributed by atoms with E-state index < -0.39 is 0 Å². The Morgan fingerprint density at radius 1 is 1.35 bits per heavy atom. The summed E-state index contributed by atoms with van der Waals surface area (Å²) in [5.74, 6) is 1.23. The lowest BCUT2D eigenvalue weighted by Crippen LogP contribution is -2.13. The van der Waals surface area contributed by atoms with E-state index >= 15 is 0 Å². The van der Waals surface area contributed by atoms with Gasteiger partial charge in [-0.3, -0.25) is 0 Å². The second-order valence-corrected chi connectivity index (χ2v) is 5.47. The van der Waals surface area contributed by atoms with Gasteiger partial charge in [0.05, 0.1) is 5.52 Å². The lowest BCUT2D eigenvalue weighted by molar-refractivity contribution is 0.366. The molecule has 0 aliphatic carbocycles. The SMILES string of the molecule is Cc1ccc2[nH]c(=S)n(CC(C)C(C)C)c2n1. The van der Waals surface area contributed by atoms with E-state index in [1.54, 1.807) is 0 Å². The smallest absolute Gasteiger partial charge is 0.179 e. The van der Waals surface area contributed by atoms with E-state index in [2.05, 4.69) is 35.3 Å². The van der Waals surface area contributed by atoms with Gasteiger partial charge in [0.1, 0.15) is 0 Å². The summed E-state index contributed by atoms with van der Waals surface area (Å²) in [6, 6.07) is 4.05. The molecule has 0 saturated heterocycles. The number of H-pyrrole nitrogens is 1. The number of pyridine rings is 1. The van der Waals surface area contributed by atoms with Crippen LogP contribution >= 0.6 is 12.2 Å². The van der Waals surface area contributed by atoms with Crippen LogP contribution in [0.2, 0.25) is 0 Å². The lowest BCUT2D eigenvalue weighted by Gasteiger charge is -2.16. The van der Waals surface area contributed by atoms with Gasteiger partial charge in [-0.1, -0.05) is 20.8 Å². The molecule has 0 aliphatic heterocycles. The van der Waals surface area contributed by atoms with Gasteiger partial charge in [-0.2, -0.15) is 0 Å². The van der Waals surface area contributed by atoms with Crippen molar-refractivity contribution in [1.82, 2.24) is 14.5 Å². The fraction of sp³-hybridized carbons (Fsp3) is 0.538. The molecule has 0 amide bonds. The van der Waals surface area contributed by atoms with Crippen molar-refractivity contribution in [1.29, 1.82) is 0 Å². The molecule has 1 atom stereocenters. The van der Waals surface area contributed by atoms with Gasteiger partial charge in [-0.05, 0) is 43.1 Å². The molecular formula is C13H19N3S. The molecule has 2 aromatic rings. The van der Waals surface area contributed by atoms with Crippen molar-refractivity contribution < 1.29 is 0 Å². The number of aromatic amines is 1. The van der Waals surface area contributed by atoms with Crippen LogP contribution in [-0.4, -0.2) is 14.5 Å². The summed E-state index contributed by atoms with van der Waals surface area (Å²) >= 11 is 5.37. The quantitative estimate of drug-likeness (QED) is 0.842. The molecule has 0 spiro atoms. The monoisotopic (exact) mass is 249 g/mol. The predicted molar refractivity (Wildman–Crippen MR) is 73.7 cm³/mol. The Morgan fingerprint density at radius 2 is 2.06 bits per heavy atom. The molecule has 0 aromatic carbocycles. The molecule has 0 radical (unpaired) electrons. The van der Waals surface area contributed by atoms with E-state index in [0.717, 1.165) is 28.2 Å². The maximum Gasteiger partial charge on any atom is 0.179 e. The molecule has 2 rings (SSSR count). The minimum absolute atomic E-state index is 0.586. The molecule has 2 heterocycles. The second-order valence-electron chi connectivity index (χ2n) is 5.09. The molecule has 2 aromatic heterocycles. The molecule has 92 valence electrons. The molecule has 1 N–H and O–H groups in total. The summed E-state index contributed by atoms with van der Waals surface area (Å²) in [5, 5.41) is 0. The van der Waals surface area contributed by atoms with Crippen molar-refractivity contribution in [2.24, 2.45) is 11.8 Å². The fourth-order valence-electron chi connectivity index (χ4n) is 1.79. The Morgan fingerprint density at radius 3 is 2.71 bits per heavy atom. The van der Waals surface area contributed by atoms with Crippen molar-refractivity contribution >= 4 is 23.4 Å². The zero-order valence-electron chi connectivity index (χ0n) is 10.8. The van der Waals surface area contributed by atoms with Gasteiger partial charge in [-0.25, -0.2) is 4.98 Å². The highest BCUT2D eigenvalue weighted by Gasteiger charge is 2.12. The number of aromatic nitrogens is 3. The Hall–Kier alpha value is -1.16. The first-order chi connectivity index (χ1) is 7.99. The normalized spacial score (nSPS) is 13.5. The average molecular weight is 249 g/mol. The highest BCUT2D eigenvalue weighted by Crippen LogP contribution is 2.18. The summed E-state index contributed by atoms with van der Waals surface area (Å²) in [7, 11) is 0. The van der Waals surface area contributed by atoms with Crippen LogP contribution in [0.15, 0.2) is 12.1 Å². The van der Waals surface area contributed by atoms with E-state index in [4.69, 9.17) is 12.2 Å². The van der Waals surface area contributed by atoms with E-state index in [-0.39, 0.29) is 0 Å². The van der Waals surface area contributed by atoms with Crippen LogP contribution in [0.25, 0.3) is 11.2 Å². The fourth-order valence-corrected chi connectivity index (χ4v) is 2.06. The second kappa shape index (κ2) is 4.61. The van der Waals surface area contributed by atoms with Crippen LogP contribution < -0.4 is 0 Å². The number of nitrogens with one attached hydrogen (secondary N) is 1. The molecule has 0 bridgehead atoms. The summed E-state index contributed by atoms with van der Waals surface area (Å²) in [6.07, 6.45) is 0. The van der Waals surface area contributed by atoms with Crippen molar-refractivity contribution in [2.45, 2.75) is 34.2 Å². The molecule has 3 nitrogen and oxygen atoms in total. The Balaban J connectivity index is 2.49. The van der Waals surface area contributed by atoms with E-state index in [1.807, 2.05) is 19.1 Å². The van der Waals surface area contributed by atoms with Crippen LogP contribution in [0.3, 0.4) is 0 Å². The first-order valence-corrected chi connectivity index (χ1v) is 6.46. The molecule has 0 aliphatic rings. The van der Waals surface area contributed by atoms with Gasteiger partial charge >= 0.3 is 0 Å². The molecule has 1 unspecified atom stereocenters. The Kier molecular flexibility index (Phi) is 3.33. The van der Waals surface area contributed by atoms with Crippen molar-refractivity contribution in [3.63, 3.8) is 0 Å². The van der Waals surface area contributed by atoms with Gasteiger partial charge in [0.15, 0.2) is 10.4 Å². The minimum Gasteiger partial charge on any atom is -0.329 e. The molecule has 0 fully saturated rings. The number of imidazole rings is 1. The topological polar surface area (TPSA) is 33.6 Å². The van der Waals surface area contributed by atoms with Crippen LogP contribution in [0, 0.1) is 23.5 Å². The number of hydrogen-bond donors (Lipinski definition) is 1.